The molecule has 6 rings (SSSR count). The maximum absolute atomic E-state index is 12.2. The van der Waals surface area contributed by atoms with Gasteiger partial charge in [0.2, 0.25) is 0 Å². The Hall–Kier alpha value is -0.930. The minimum Gasteiger partial charge on any atom is -0.365 e. The molecule has 4 aliphatic carbocycles. The summed E-state index contributed by atoms with van der Waals surface area (Å²) in [6.07, 6.45) is 14.2. The first-order valence-electron chi connectivity index (χ1n) is 14.2. The molecule has 0 aromatic heterocycles. The lowest BCUT2D eigenvalue weighted by atomic mass is 9.56. The van der Waals surface area contributed by atoms with Crippen LogP contribution < -0.4 is 5.32 Å². The molecule has 3 heteroatoms. The molecule has 0 aromatic carbocycles. The molecule has 6 aliphatic rings. The highest BCUT2D eigenvalue weighted by Crippen LogP contribution is 2.65. The Bertz CT molecular complexity index is 903. The number of nitrogens with one attached hydrogen (secondary N) is 1. The minimum atomic E-state index is -0.0510. The van der Waals surface area contributed by atoms with Crippen LogP contribution in [0.2, 0.25) is 0 Å². The van der Waals surface area contributed by atoms with Crippen molar-refractivity contribution < 1.29 is 9.53 Å². The van der Waals surface area contributed by atoms with Crippen molar-refractivity contribution in [3.8, 4) is 0 Å². The number of ketones is 1. The summed E-state index contributed by atoms with van der Waals surface area (Å²) >= 11 is 0. The Morgan fingerprint density at radius 2 is 2.00 bits per heavy atom. The predicted octanol–water partition coefficient (Wildman–Crippen LogP) is 6.38. The summed E-state index contributed by atoms with van der Waals surface area (Å²) in [7, 11) is 0. The Labute approximate surface area is 201 Å². The second kappa shape index (κ2) is 7.79. The topological polar surface area (TPSA) is 38.3 Å². The van der Waals surface area contributed by atoms with Gasteiger partial charge in [-0.1, -0.05) is 45.3 Å². The monoisotopic (exact) mass is 451 g/mol. The van der Waals surface area contributed by atoms with E-state index in [2.05, 4.69) is 39.9 Å². The molecule has 2 saturated carbocycles. The average molecular weight is 452 g/mol. The quantitative estimate of drug-likeness (QED) is 0.495. The third kappa shape index (κ3) is 3.10. The van der Waals surface area contributed by atoms with Crippen LogP contribution in [0.4, 0.5) is 0 Å². The Morgan fingerprint density at radius 1 is 1.18 bits per heavy atom. The third-order valence-electron chi connectivity index (χ3n) is 11.7. The molecule has 1 spiro atoms. The van der Waals surface area contributed by atoms with Gasteiger partial charge in [-0.05, 0) is 99.0 Å². The maximum atomic E-state index is 12.2. The summed E-state index contributed by atoms with van der Waals surface area (Å²) in [5.41, 5.74) is 5.04. The summed E-state index contributed by atoms with van der Waals surface area (Å²) in [5.74, 6) is 3.91. The fraction of sp³-hybridized carbons (Fsp3) is 0.833. The van der Waals surface area contributed by atoms with Crippen LogP contribution in [-0.2, 0) is 9.53 Å². The van der Waals surface area contributed by atoms with E-state index in [-0.39, 0.29) is 11.0 Å². The SMILES string of the molecule is CCCC1N[C@H]2[C@@H](C)[C@@]3(CC[C@@H]4C(=C3C)C[C@H]3[C@H]4CCC4=CC(=O)CC[C@@]43C)O[C@@H]2C[C@@H]1C. The molecule has 1 N–H and O–H groups in total. The highest BCUT2D eigenvalue weighted by atomic mass is 16.5. The summed E-state index contributed by atoms with van der Waals surface area (Å²) in [5, 5.41) is 4.08. The van der Waals surface area contributed by atoms with E-state index in [1.165, 1.54) is 50.5 Å². The predicted molar refractivity (Wildman–Crippen MR) is 133 cm³/mol. The van der Waals surface area contributed by atoms with Crippen molar-refractivity contribution in [1.82, 2.24) is 5.32 Å². The van der Waals surface area contributed by atoms with Crippen LogP contribution >= 0.6 is 0 Å². The Kier molecular flexibility index (Phi) is 5.32. The van der Waals surface area contributed by atoms with Crippen molar-refractivity contribution in [2.75, 3.05) is 0 Å². The Morgan fingerprint density at radius 3 is 2.79 bits per heavy atom. The summed E-state index contributed by atoms with van der Waals surface area (Å²) in [6.45, 7) is 12.2. The number of piperidine rings is 1. The van der Waals surface area contributed by atoms with E-state index in [1.54, 1.807) is 11.1 Å². The lowest BCUT2D eigenvalue weighted by Gasteiger charge is -2.48. The lowest BCUT2D eigenvalue weighted by Crippen LogP contribution is -2.54. The van der Waals surface area contributed by atoms with Crippen LogP contribution in [0, 0.1) is 35.0 Å². The standard InChI is InChI=1S/C30H45NO2/c1-6-7-26-17(2)14-27-28(31-26)19(4)30(33-27)13-11-22-23-9-8-20-15-21(32)10-12-29(20,5)25(23)16-24(22)18(30)3/h15,17,19,22-23,25-28,31H,6-14,16H2,1-5H3/t17-,19+,22-,23-,25-,26?,27+,28-,29-,30-/m0/s1. The zero-order chi connectivity index (χ0) is 23.1. The van der Waals surface area contributed by atoms with E-state index in [9.17, 15) is 4.79 Å². The van der Waals surface area contributed by atoms with Gasteiger partial charge in [-0.15, -0.1) is 0 Å². The molecule has 3 nitrogen and oxygen atoms in total. The second-order valence-corrected chi connectivity index (χ2v) is 13.0. The van der Waals surface area contributed by atoms with Crippen LogP contribution in [-0.4, -0.2) is 29.6 Å². The van der Waals surface area contributed by atoms with Crippen molar-refractivity contribution in [1.29, 1.82) is 0 Å². The smallest absolute Gasteiger partial charge is 0.155 e. The molecule has 182 valence electrons. The van der Waals surface area contributed by atoms with Crippen molar-refractivity contribution in [3.63, 3.8) is 0 Å². The first-order valence-corrected chi connectivity index (χ1v) is 14.2. The molecular formula is C30H45NO2. The van der Waals surface area contributed by atoms with Crippen molar-refractivity contribution in [2.45, 2.75) is 123 Å². The minimum absolute atomic E-state index is 0.0510. The highest BCUT2D eigenvalue weighted by molar-refractivity contribution is 5.91. The number of ether oxygens (including phenoxy) is 1. The maximum Gasteiger partial charge on any atom is 0.155 e. The molecule has 0 bridgehead atoms. The Balaban J connectivity index is 1.31. The summed E-state index contributed by atoms with van der Waals surface area (Å²) in [6, 6.07) is 1.15. The van der Waals surface area contributed by atoms with Gasteiger partial charge in [0.25, 0.3) is 0 Å². The molecule has 10 atom stereocenters. The van der Waals surface area contributed by atoms with E-state index in [0.29, 0.717) is 35.8 Å². The van der Waals surface area contributed by atoms with Crippen LogP contribution in [0.5, 0.6) is 0 Å². The third-order valence-corrected chi connectivity index (χ3v) is 11.7. The second-order valence-electron chi connectivity index (χ2n) is 13.0. The number of rotatable bonds is 2. The van der Waals surface area contributed by atoms with Gasteiger partial charge in [0, 0.05) is 24.4 Å². The molecule has 33 heavy (non-hydrogen) atoms. The van der Waals surface area contributed by atoms with E-state index in [0.717, 1.165) is 37.0 Å². The molecule has 0 radical (unpaired) electrons. The van der Waals surface area contributed by atoms with E-state index < -0.39 is 0 Å². The number of allylic oxidation sites excluding steroid dienone is 3. The van der Waals surface area contributed by atoms with Gasteiger partial charge in [0.1, 0.15) is 0 Å². The van der Waals surface area contributed by atoms with Crippen LogP contribution in [0.1, 0.15) is 98.8 Å². The molecule has 0 aromatic rings. The van der Waals surface area contributed by atoms with Gasteiger partial charge < -0.3 is 10.1 Å². The summed E-state index contributed by atoms with van der Waals surface area (Å²) in [4.78, 5) is 12.2. The van der Waals surface area contributed by atoms with Crippen LogP contribution in [0.25, 0.3) is 0 Å². The first kappa shape index (κ1) is 22.5. The van der Waals surface area contributed by atoms with Gasteiger partial charge >= 0.3 is 0 Å². The number of carbonyl (C=O) groups is 1. The normalized spacial score (nSPS) is 51.2. The lowest BCUT2D eigenvalue weighted by molar-refractivity contribution is -0.116. The fourth-order valence-electron chi connectivity index (χ4n) is 9.75. The van der Waals surface area contributed by atoms with Crippen molar-refractivity contribution >= 4 is 5.78 Å². The van der Waals surface area contributed by atoms with Crippen LogP contribution in [0.15, 0.2) is 22.8 Å². The van der Waals surface area contributed by atoms with Gasteiger partial charge in [-0.25, -0.2) is 0 Å². The molecule has 1 unspecified atom stereocenters. The van der Waals surface area contributed by atoms with E-state index in [1.807, 2.05) is 6.08 Å². The van der Waals surface area contributed by atoms with Crippen molar-refractivity contribution in [3.05, 3.63) is 22.8 Å². The zero-order valence-corrected chi connectivity index (χ0v) is 21.6. The number of hydrogen-bond donors (Lipinski definition) is 1. The average Bonchev–Trinajstić information content (AvgIpc) is 3.30. The van der Waals surface area contributed by atoms with Crippen molar-refractivity contribution in [2.24, 2.45) is 35.0 Å². The van der Waals surface area contributed by atoms with Gasteiger partial charge in [0.05, 0.1) is 11.7 Å². The molecular weight excluding hydrogens is 406 g/mol. The molecule has 4 fully saturated rings. The molecule has 0 amide bonds. The van der Waals surface area contributed by atoms with Gasteiger partial charge in [0.15, 0.2) is 5.78 Å². The molecule has 2 aliphatic heterocycles. The van der Waals surface area contributed by atoms with Gasteiger partial charge in [-0.2, -0.15) is 0 Å². The fourth-order valence-corrected chi connectivity index (χ4v) is 9.75. The van der Waals surface area contributed by atoms with E-state index >= 15 is 0 Å². The van der Waals surface area contributed by atoms with Crippen LogP contribution in [0.3, 0.4) is 0 Å². The first-order chi connectivity index (χ1) is 15.8. The summed E-state index contributed by atoms with van der Waals surface area (Å²) < 4.78 is 7.15. The van der Waals surface area contributed by atoms with Gasteiger partial charge in [-0.3, -0.25) is 4.79 Å². The zero-order valence-electron chi connectivity index (χ0n) is 21.6. The number of hydrogen-bond acceptors (Lipinski definition) is 3. The number of fused-ring (bicyclic) bond motifs is 6. The molecule has 2 saturated heterocycles. The number of carbonyl (C=O) groups excluding carboxylic acids is 1. The highest BCUT2D eigenvalue weighted by Gasteiger charge is 2.61. The largest absolute Gasteiger partial charge is 0.365 e. The molecule has 2 heterocycles. The van der Waals surface area contributed by atoms with E-state index in [4.69, 9.17) is 4.74 Å².